The Labute approximate surface area is 204 Å². The molecule has 2 heterocycles. The summed E-state index contributed by atoms with van der Waals surface area (Å²) in [5.74, 6) is 0.411. The van der Waals surface area contributed by atoms with Gasteiger partial charge >= 0.3 is 17.1 Å². The molecule has 2 aromatic heterocycles. The molecule has 3 nitrogen and oxygen atoms in total. The van der Waals surface area contributed by atoms with Gasteiger partial charge in [0.25, 0.3) is 0 Å². The second-order valence-electron chi connectivity index (χ2n) is 6.65. The molecule has 6 heteroatoms. The van der Waals surface area contributed by atoms with E-state index in [2.05, 4.69) is 77.7 Å². The van der Waals surface area contributed by atoms with Crippen LogP contribution in [0.3, 0.4) is 0 Å². The number of aromatic nitrogens is 2. The van der Waals surface area contributed by atoms with E-state index in [0.29, 0.717) is 5.92 Å². The molecule has 2 aromatic carbocycles. The van der Waals surface area contributed by atoms with Gasteiger partial charge in [-0.1, -0.05) is 59.4 Å². The van der Waals surface area contributed by atoms with E-state index < -0.39 is 0 Å². The van der Waals surface area contributed by atoms with Crippen molar-refractivity contribution in [3.8, 4) is 0 Å². The van der Waals surface area contributed by atoms with Crippen LogP contribution in [0, 0.1) is 19.1 Å². The van der Waals surface area contributed by atoms with Crippen LogP contribution in [0.1, 0.15) is 36.7 Å². The van der Waals surface area contributed by atoms with Crippen molar-refractivity contribution in [1.29, 1.82) is 0 Å². The fraction of sp³-hybridized carbons (Fsp3) is 0.167. The minimum atomic E-state index is 0. The number of hydrogen-bond acceptors (Lipinski definition) is 3. The Balaban J connectivity index is 0.000000659. The number of rotatable bonds is 2. The molecule has 0 saturated heterocycles. The minimum Gasteiger partial charge on any atom is -0.344 e. The Morgan fingerprint density at radius 1 is 0.933 bits per heavy atom. The van der Waals surface area contributed by atoms with Gasteiger partial charge in [-0.25, -0.2) is 6.08 Å². The molecule has 0 bridgehead atoms. The van der Waals surface area contributed by atoms with Crippen LogP contribution in [0.2, 0.25) is 0 Å². The van der Waals surface area contributed by atoms with Crippen molar-refractivity contribution in [3.05, 3.63) is 94.7 Å². The zero-order valence-electron chi connectivity index (χ0n) is 17.2. The third kappa shape index (κ3) is 6.90. The molecule has 0 unspecified atom stereocenters. The number of nitrogens with zero attached hydrogens (tertiary/aromatic N) is 2. The van der Waals surface area contributed by atoms with Crippen molar-refractivity contribution in [2.24, 2.45) is 0 Å². The molecule has 0 aliphatic carbocycles. The maximum absolute atomic E-state index is 4.77. The van der Waals surface area contributed by atoms with Gasteiger partial charge in [-0.2, -0.15) is 42.5 Å². The Morgan fingerprint density at radius 2 is 1.50 bits per heavy atom. The van der Waals surface area contributed by atoms with Crippen LogP contribution in [0.4, 0.5) is 0 Å². The summed E-state index contributed by atoms with van der Waals surface area (Å²) in [5.41, 5.74) is 4.90. The second-order valence-corrected chi connectivity index (χ2v) is 7.51. The molecule has 4 rings (SSSR count). The summed E-state index contributed by atoms with van der Waals surface area (Å²) in [6, 6.07) is 21.4. The standard InChI is InChI=1S/C17H15N2.C7H6Br.ClH.Fe.H3N/c1-4-14-9-7-12-5-6-13-8-10-15(11(2)3)19-17(13)16(12)18-14;1-6-3-2-4-7(8)5-6;;;/h5-11H,1H2,2-3H3;2-4H,1H3;1H;;1H3/q2*-1;;+2;. The summed E-state index contributed by atoms with van der Waals surface area (Å²) in [6.07, 6.45) is 2.83. The first kappa shape index (κ1) is 28.2. The largest absolute Gasteiger partial charge is 2.00 e. The first-order chi connectivity index (χ1) is 13.0. The zero-order chi connectivity index (χ0) is 19.4. The summed E-state index contributed by atoms with van der Waals surface area (Å²) < 4.78 is 1.03. The van der Waals surface area contributed by atoms with Crippen LogP contribution in [-0.4, -0.2) is 9.97 Å². The van der Waals surface area contributed by atoms with Crippen molar-refractivity contribution < 1.29 is 17.1 Å². The van der Waals surface area contributed by atoms with E-state index in [0.717, 1.165) is 37.7 Å². The van der Waals surface area contributed by atoms with Crippen LogP contribution in [0.15, 0.2) is 65.6 Å². The van der Waals surface area contributed by atoms with Crippen molar-refractivity contribution in [2.75, 3.05) is 0 Å². The van der Waals surface area contributed by atoms with Gasteiger partial charge in [0.05, 0.1) is 11.0 Å². The molecule has 0 aliphatic heterocycles. The van der Waals surface area contributed by atoms with E-state index in [1.807, 2.05) is 37.3 Å². The van der Waals surface area contributed by atoms with Gasteiger partial charge in [0.1, 0.15) is 0 Å². The van der Waals surface area contributed by atoms with Crippen molar-refractivity contribution in [2.45, 2.75) is 26.7 Å². The van der Waals surface area contributed by atoms with E-state index in [4.69, 9.17) is 4.98 Å². The average molecular weight is 527 g/mol. The maximum atomic E-state index is 4.77. The number of hydrogen-bond donors (Lipinski definition) is 1. The van der Waals surface area contributed by atoms with Gasteiger partial charge < -0.3 is 6.15 Å². The summed E-state index contributed by atoms with van der Waals surface area (Å²) in [7, 11) is 0. The molecule has 4 aromatic rings. The SMILES string of the molecule is C=[C-]c1ccc2ccc3ccc(C(C)C)nc3c2n1.Cc1[c-]c(Br)ccc1.Cl.N.[Fe+2]. The van der Waals surface area contributed by atoms with Crippen LogP contribution in [-0.2, 0) is 17.1 Å². The average Bonchev–Trinajstić information content (AvgIpc) is 2.67. The van der Waals surface area contributed by atoms with Gasteiger partial charge in [-0.3, -0.25) is 9.97 Å². The van der Waals surface area contributed by atoms with Gasteiger partial charge in [-0.05, 0) is 17.4 Å². The first-order valence-corrected chi connectivity index (χ1v) is 9.65. The molecular weight excluding hydrogens is 501 g/mol. The Bertz CT molecular complexity index is 1100. The molecular formula is C24H25BrClFeN3. The second kappa shape index (κ2) is 12.8. The van der Waals surface area contributed by atoms with Crippen LogP contribution in [0.25, 0.3) is 21.8 Å². The quantitative estimate of drug-likeness (QED) is 0.168. The van der Waals surface area contributed by atoms with E-state index in [9.17, 15) is 0 Å². The molecule has 0 atom stereocenters. The number of fused-ring (bicyclic) bond motifs is 3. The molecule has 3 N–H and O–H groups in total. The normalized spacial score (nSPS) is 9.63. The summed E-state index contributed by atoms with van der Waals surface area (Å²) >= 11 is 3.31. The smallest absolute Gasteiger partial charge is 0.344 e. The molecule has 0 spiro atoms. The van der Waals surface area contributed by atoms with Gasteiger partial charge in [-0.15, -0.1) is 24.2 Å². The van der Waals surface area contributed by atoms with Crippen molar-refractivity contribution >= 4 is 50.1 Å². The zero-order valence-corrected chi connectivity index (χ0v) is 20.7. The molecule has 30 heavy (non-hydrogen) atoms. The van der Waals surface area contributed by atoms with Crippen molar-refractivity contribution in [3.63, 3.8) is 0 Å². The molecule has 0 radical (unpaired) electrons. The number of halogens is 2. The van der Waals surface area contributed by atoms with E-state index in [1.54, 1.807) is 0 Å². The molecule has 158 valence electrons. The molecule has 0 amide bonds. The van der Waals surface area contributed by atoms with Crippen molar-refractivity contribution in [1.82, 2.24) is 16.1 Å². The summed E-state index contributed by atoms with van der Waals surface area (Å²) in [4.78, 5) is 9.35. The Kier molecular flexibility index (Phi) is 12.1. The third-order valence-electron chi connectivity index (χ3n) is 4.22. The Hall–Kier alpha value is -1.75. The summed E-state index contributed by atoms with van der Waals surface area (Å²) in [6.45, 7) is 9.97. The number of aryl methyl sites for hydroxylation is 1. The number of pyridine rings is 2. The maximum Gasteiger partial charge on any atom is 2.00 e. The predicted molar refractivity (Wildman–Crippen MR) is 129 cm³/mol. The van der Waals surface area contributed by atoms with Gasteiger partial charge in [0.2, 0.25) is 0 Å². The number of benzene rings is 2. The third-order valence-corrected chi connectivity index (χ3v) is 4.68. The topological polar surface area (TPSA) is 60.8 Å². The van der Waals surface area contributed by atoms with E-state index in [1.165, 1.54) is 5.56 Å². The first-order valence-electron chi connectivity index (χ1n) is 8.86. The van der Waals surface area contributed by atoms with Crippen LogP contribution in [0.5, 0.6) is 0 Å². The summed E-state index contributed by atoms with van der Waals surface area (Å²) in [5, 5.41) is 2.21. The van der Waals surface area contributed by atoms with Crippen LogP contribution < -0.4 is 6.15 Å². The predicted octanol–water partition coefficient (Wildman–Crippen LogP) is 7.38. The van der Waals surface area contributed by atoms with Gasteiger partial charge in [0, 0.05) is 11.1 Å². The minimum absolute atomic E-state index is 0. The van der Waals surface area contributed by atoms with Crippen LogP contribution >= 0.6 is 28.3 Å². The Morgan fingerprint density at radius 3 is 2.00 bits per heavy atom. The van der Waals surface area contributed by atoms with Gasteiger partial charge in [0.15, 0.2) is 0 Å². The monoisotopic (exact) mass is 525 g/mol. The molecule has 0 saturated carbocycles. The van der Waals surface area contributed by atoms with E-state index in [-0.39, 0.29) is 35.6 Å². The molecule has 0 aliphatic rings. The van der Waals surface area contributed by atoms with E-state index >= 15 is 0 Å². The molecule has 0 fully saturated rings. The fourth-order valence-electron chi connectivity index (χ4n) is 2.75. The fourth-order valence-corrected chi connectivity index (χ4v) is 3.22.